The van der Waals surface area contributed by atoms with Crippen molar-refractivity contribution >= 4 is 11.9 Å². The van der Waals surface area contributed by atoms with Gasteiger partial charge in [-0.15, -0.1) is 0 Å². The standard InChI is InChI=1S/C20H19N2/c1-16-8-6-7-11-19(16)20-13-12-18(15-22(20)2)21-14-17-9-4-3-5-10-17/h3-15H,1-2H3/q+1. The van der Waals surface area contributed by atoms with E-state index in [0.29, 0.717) is 0 Å². The highest BCUT2D eigenvalue weighted by Crippen LogP contribution is 2.21. The summed E-state index contributed by atoms with van der Waals surface area (Å²) >= 11 is 0. The average Bonchev–Trinajstić information content (AvgIpc) is 2.55. The van der Waals surface area contributed by atoms with E-state index in [1.54, 1.807) is 0 Å². The molecule has 2 aromatic carbocycles. The summed E-state index contributed by atoms with van der Waals surface area (Å²) in [5.41, 5.74) is 5.77. The summed E-state index contributed by atoms with van der Waals surface area (Å²) in [4.78, 5) is 4.55. The van der Waals surface area contributed by atoms with E-state index >= 15 is 0 Å². The minimum Gasteiger partial charge on any atom is -0.250 e. The number of nitrogens with zero attached hydrogens (tertiary/aromatic N) is 2. The smallest absolute Gasteiger partial charge is 0.212 e. The van der Waals surface area contributed by atoms with E-state index < -0.39 is 0 Å². The van der Waals surface area contributed by atoms with Gasteiger partial charge in [-0.1, -0.05) is 48.5 Å². The normalized spacial score (nSPS) is 11.0. The van der Waals surface area contributed by atoms with Gasteiger partial charge < -0.3 is 0 Å². The van der Waals surface area contributed by atoms with E-state index in [1.807, 2.05) is 36.5 Å². The molecule has 0 amide bonds. The van der Waals surface area contributed by atoms with Crippen molar-refractivity contribution in [2.75, 3.05) is 0 Å². The van der Waals surface area contributed by atoms with Gasteiger partial charge in [0, 0.05) is 17.8 Å². The lowest BCUT2D eigenvalue weighted by Crippen LogP contribution is -2.30. The lowest BCUT2D eigenvalue weighted by molar-refractivity contribution is -0.659. The fraction of sp³-hybridized carbons (Fsp3) is 0.100. The van der Waals surface area contributed by atoms with Crippen molar-refractivity contribution in [1.29, 1.82) is 0 Å². The van der Waals surface area contributed by atoms with Gasteiger partial charge in [0.15, 0.2) is 6.20 Å². The molecule has 0 fully saturated rings. The Balaban J connectivity index is 1.90. The average molecular weight is 287 g/mol. The third-order valence-corrected chi connectivity index (χ3v) is 3.70. The molecule has 0 aliphatic rings. The van der Waals surface area contributed by atoms with Crippen LogP contribution in [0.3, 0.4) is 0 Å². The van der Waals surface area contributed by atoms with Gasteiger partial charge in [-0.05, 0) is 30.2 Å². The second-order valence-corrected chi connectivity index (χ2v) is 5.37. The van der Waals surface area contributed by atoms with Gasteiger partial charge in [0.1, 0.15) is 12.7 Å². The van der Waals surface area contributed by atoms with E-state index in [2.05, 4.69) is 66.1 Å². The zero-order valence-corrected chi connectivity index (χ0v) is 12.9. The topological polar surface area (TPSA) is 16.2 Å². The fourth-order valence-corrected chi connectivity index (χ4v) is 2.50. The second-order valence-electron chi connectivity index (χ2n) is 5.37. The lowest BCUT2D eigenvalue weighted by atomic mass is 10.0. The van der Waals surface area contributed by atoms with Crippen LogP contribution in [0.4, 0.5) is 5.69 Å². The molecule has 3 rings (SSSR count). The van der Waals surface area contributed by atoms with E-state index in [0.717, 1.165) is 11.3 Å². The molecule has 108 valence electrons. The van der Waals surface area contributed by atoms with E-state index in [-0.39, 0.29) is 0 Å². The number of benzene rings is 2. The van der Waals surface area contributed by atoms with Crippen molar-refractivity contribution in [1.82, 2.24) is 0 Å². The van der Waals surface area contributed by atoms with Crippen LogP contribution in [0, 0.1) is 6.92 Å². The summed E-state index contributed by atoms with van der Waals surface area (Å²) in [6, 6.07) is 22.7. The highest BCUT2D eigenvalue weighted by atomic mass is 14.9. The third-order valence-electron chi connectivity index (χ3n) is 3.70. The predicted molar refractivity (Wildman–Crippen MR) is 91.5 cm³/mol. The van der Waals surface area contributed by atoms with Crippen LogP contribution in [-0.2, 0) is 7.05 Å². The van der Waals surface area contributed by atoms with Crippen molar-refractivity contribution in [3.63, 3.8) is 0 Å². The molecule has 0 aliphatic heterocycles. The molecule has 0 radical (unpaired) electrons. The number of aromatic nitrogens is 1. The molecule has 3 aromatic rings. The Hall–Kier alpha value is -2.74. The Morgan fingerprint density at radius 2 is 1.59 bits per heavy atom. The highest BCUT2D eigenvalue weighted by molar-refractivity contribution is 5.81. The van der Waals surface area contributed by atoms with Crippen LogP contribution in [0.1, 0.15) is 11.1 Å². The Bertz CT molecular complexity index is 805. The van der Waals surface area contributed by atoms with Crippen molar-refractivity contribution in [2.45, 2.75) is 6.92 Å². The number of aryl methyl sites for hydroxylation is 2. The molecule has 1 heterocycles. The van der Waals surface area contributed by atoms with Crippen molar-refractivity contribution < 1.29 is 4.57 Å². The van der Waals surface area contributed by atoms with Crippen LogP contribution < -0.4 is 4.57 Å². The Kier molecular flexibility index (Phi) is 4.10. The molecule has 1 aromatic heterocycles. The number of hydrogen-bond donors (Lipinski definition) is 0. The molecule has 0 atom stereocenters. The molecule has 0 N–H and O–H groups in total. The number of pyridine rings is 1. The first-order chi connectivity index (χ1) is 10.7. The minimum absolute atomic E-state index is 0.948. The van der Waals surface area contributed by atoms with Crippen LogP contribution >= 0.6 is 0 Å². The molecule has 2 heteroatoms. The number of rotatable bonds is 3. The van der Waals surface area contributed by atoms with Gasteiger partial charge in [-0.25, -0.2) is 4.99 Å². The summed E-state index contributed by atoms with van der Waals surface area (Å²) in [5, 5.41) is 0. The predicted octanol–water partition coefficient (Wildman–Crippen LogP) is 4.24. The molecular weight excluding hydrogens is 268 g/mol. The summed E-state index contributed by atoms with van der Waals surface area (Å²) in [6.45, 7) is 2.14. The van der Waals surface area contributed by atoms with Crippen LogP contribution in [0.2, 0.25) is 0 Å². The zero-order valence-electron chi connectivity index (χ0n) is 12.9. The Morgan fingerprint density at radius 3 is 2.32 bits per heavy atom. The largest absolute Gasteiger partial charge is 0.250 e. The molecule has 0 spiro atoms. The fourth-order valence-electron chi connectivity index (χ4n) is 2.50. The monoisotopic (exact) mass is 287 g/mol. The lowest BCUT2D eigenvalue weighted by Gasteiger charge is -2.04. The summed E-state index contributed by atoms with van der Waals surface area (Å²) in [5.74, 6) is 0. The Labute approximate surface area is 131 Å². The molecule has 2 nitrogen and oxygen atoms in total. The first kappa shape index (κ1) is 14.2. The summed E-state index contributed by atoms with van der Waals surface area (Å²) in [7, 11) is 2.06. The maximum Gasteiger partial charge on any atom is 0.212 e. The van der Waals surface area contributed by atoms with Gasteiger partial charge in [0.25, 0.3) is 0 Å². The van der Waals surface area contributed by atoms with Crippen molar-refractivity contribution in [3.8, 4) is 11.3 Å². The van der Waals surface area contributed by atoms with Gasteiger partial charge in [-0.2, -0.15) is 4.57 Å². The van der Waals surface area contributed by atoms with Crippen LogP contribution in [-0.4, -0.2) is 6.21 Å². The summed E-state index contributed by atoms with van der Waals surface area (Å²) in [6.07, 6.45) is 3.95. The molecule has 0 bridgehead atoms. The third kappa shape index (κ3) is 3.12. The summed E-state index contributed by atoms with van der Waals surface area (Å²) < 4.78 is 2.12. The molecule has 0 unspecified atom stereocenters. The van der Waals surface area contributed by atoms with Crippen LogP contribution in [0.25, 0.3) is 11.3 Å². The quantitative estimate of drug-likeness (QED) is 0.506. The molecule has 0 saturated carbocycles. The van der Waals surface area contributed by atoms with Gasteiger partial charge in [-0.3, -0.25) is 0 Å². The van der Waals surface area contributed by atoms with Gasteiger partial charge in [0.05, 0.1) is 0 Å². The van der Waals surface area contributed by atoms with E-state index in [9.17, 15) is 0 Å². The second kappa shape index (κ2) is 6.35. The maximum absolute atomic E-state index is 4.55. The minimum atomic E-state index is 0.948. The molecule has 22 heavy (non-hydrogen) atoms. The molecule has 0 aliphatic carbocycles. The maximum atomic E-state index is 4.55. The molecular formula is C20H19N2+. The van der Waals surface area contributed by atoms with E-state index in [4.69, 9.17) is 0 Å². The zero-order chi connectivity index (χ0) is 15.4. The molecule has 0 saturated heterocycles. The number of hydrogen-bond acceptors (Lipinski definition) is 1. The van der Waals surface area contributed by atoms with Crippen molar-refractivity contribution in [2.24, 2.45) is 12.0 Å². The van der Waals surface area contributed by atoms with Crippen molar-refractivity contribution in [3.05, 3.63) is 84.1 Å². The van der Waals surface area contributed by atoms with Crippen LogP contribution in [0.5, 0.6) is 0 Å². The highest BCUT2D eigenvalue weighted by Gasteiger charge is 2.11. The SMILES string of the molecule is Cc1ccccc1-c1ccc(N=Cc2ccccc2)c[n+]1C. The van der Waals surface area contributed by atoms with Crippen LogP contribution in [0.15, 0.2) is 77.9 Å². The van der Waals surface area contributed by atoms with E-state index in [1.165, 1.54) is 16.8 Å². The first-order valence-corrected chi connectivity index (χ1v) is 7.39. The first-order valence-electron chi connectivity index (χ1n) is 7.39. The number of aliphatic imine (C=N–C) groups is 1. The Morgan fingerprint density at radius 1 is 0.864 bits per heavy atom. The van der Waals surface area contributed by atoms with Gasteiger partial charge >= 0.3 is 0 Å². The van der Waals surface area contributed by atoms with Gasteiger partial charge in [0.2, 0.25) is 5.69 Å².